The van der Waals surface area contributed by atoms with E-state index in [0.717, 1.165) is 12.8 Å². The summed E-state index contributed by atoms with van der Waals surface area (Å²) in [6.45, 7) is 1.23. The third-order valence-corrected chi connectivity index (χ3v) is 3.95. The lowest BCUT2D eigenvalue weighted by Gasteiger charge is -2.32. The molecule has 2 rings (SSSR count). The number of anilines is 1. The zero-order chi connectivity index (χ0) is 16.8. The van der Waals surface area contributed by atoms with Crippen LogP contribution in [0.5, 0.6) is 0 Å². The van der Waals surface area contributed by atoms with E-state index in [2.05, 4.69) is 5.32 Å². The van der Waals surface area contributed by atoms with Gasteiger partial charge in [0.1, 0.15) is 0 Å². The molecule has 7 heteroatoms. The van der Waals surface area contributed by atoms with Gasteiger partial charge in [-0.3, -0.25) is 9.59 Å². The number of carboxylic acid groups (broad SMARTS) is 1. The number of carbonyl (C=O) groups is 3. The van der Waals surface area contributed by atoms with Gasteiger partial charge >= 0.3 is 12.0 Å². The number of piperidine rings is 1. The predicted octanol–water partition coefficient (Wildman–Crippen LogP) is 1.89. The number of rotatable bonds is 5. The molecule has 1 aromatic carbocycles. The van der Waals surface area contributed by atoms with E-state index in [1.807, 2.05) is 0 Å². The number of primary amides is 1. The van der Waals surface area contributed by atoms with Crippen molar-refractivity contribution in [2.45, 2.75) is 25.7 Å². The highest BCUT2D eigenvalue weighted by molar-refractivity contribution is 5.96. The van der Waals surface area contributed by atoms with Crippen LogP contribution in [-0.4, -0.2) is 41.0 Å². The molecular formula is C16H21N3O4. The largest absolute Gasteiger partial charge is 0.481 e. The summed E-state index contributed by atoms with van der Waals surface area (Å²) in [5, 5.41) is 11.2. The fourth-order valence-corrected chi connectivity index (χ4v) is 2.87. The van der Waals surface area contributed by atoms with Crippen LogP contribution in [-0.2, 0) is 4.79 Å². The van der Waals surface area contributed by atoms with Crippen LogP contribution in [0.2, 0.25) is 0 Å². The first-order valence-electron chi connectivity index (χ1n) is 7.63. The van der Waals surface area contributed by atoms with Crippen LogP contribution in [0.15, 0.2) is 24.3 Å². The molecule has 0 saturated carbocycles. The highest BCUT2D eigenvalue weighted by atomic mass is 16.4. The summed E-state index contributed by atoms with van der Waals surface area (Å²) in [6.07, 6.45) is 2.53. The number of hydrogen-bond donors (Lipinski definition) is 3. The summed E-state index contributed by atoms with van der Waals surface area (Å²) >= 11 is 0. The van der Waals surface area contributed by atoms with E-state index in [9.17, 15) is 14.4 Å². The molecule has 23 heavy (non-hydrogen) atoms. The molecule has 1 fully saturated rings. The standard InChI is InChI=1S/C16H21N3O4/c17-16(23)18-13-5-1-4-12(9-13)15(22)19-8-2-3-11(10-19)6-7-14(20)21/h1,4-5,9,11H,2-3,6-8,10H2,(H,20,21)(H3,17,18,23). The first-order chi connectivity index (χ1) is 11.0. The SMILES string of the molecule is NC(=O)Nc1cccc(C(=O)N2CCCC(CCC(=O)O)C2)c1. The second-order valence-corrected chi connectivity index (χ2v) is 5.76. The Balaban J connectivity index is 2.01. The third-order valence-electron chi connectivity index (χ3n) is 3.95. The van der Waals surface area contributed by atoms with Gasteiger partial charge in [-0.2, -0.15) is 0 Å². The van der Waals surface area contributed by atoms with Gasteiger partial charge in [0.15, 0.2) is 0 Å². The minimum Gasteiger partial charge on any atom is -0.481 e. The molecule has 3 amide bonds. The summed E-state index contributed by atoms with van der Waals surface area (Å²) in [7, 11) is 0. The van der Waals surface area contributed by atoms with Crippen LogP contribution >= 0.6 is 0 Å². The average molecular weight is 319 g/mol. The summed E-state index contributed by atoms with van der Waals surface area (Å²) in [5.74, 6) is -0.701. The lowest BCUT2D eigenvalue weighted by molar-refractivity contribution is -0.137. The number of hydrogen-bond acceptors (Lipinski definition) is 3. The normalized spacial score (nSPS) is 17.6. The Morgan fingerprint density at radius 2 is 2.13 bits per heavy atom. The van der Waals surface area contributed by atoms with Crippen LogP contribution in [0.3, 0.4) is 0 Å². The van der Waals surface area contributed by atoms with Gasteiger partial charge in [-0.05, 0) is 43.4 Å². The monoisotopic (exact) mass is 319 g/mol. The fraction of sp³-hybridized carbons (Fsp3) is 0.438. The highest BCUT2D eigenvalue weighted by Gasteiger charge is 2.25. The number of benzene rings is 1. The quantitative estimate of drug-likeness (QED) is 0.769. The van der Waals surface area contributed by atoms with E-state index < -0.39 is 12.0 Å². The molecule has 4 N–H and O–H groups in total. The predicted molar refractivity (Wildman–Crippen MR) is 85.1 cm³/mol. The smallest absolute Gasteiger partial charge is 0.316 e. The van der Waals surface area contributed by atoms with Gasteiger partial charge in [0.2, 0.25) is 0 Å². The maximum atomic E-state index is 12.6. The van der Waals surface area contributed by atoms with Crippen molar-refractivity contribution in [1.29, 1.82) is 0 Å². The van der Waals surface area contributed by atoms with E-state index in [4.69, 9.17) is 10.8 Å². The highest BCUT2D eigenvalue weighted by Crippen LogP contribution is 2.23. The Bertz CT molecular complexity index is 603. The van der Waals surface area contributed by atoms with Crippen molar-refractivity contribution in [3.8, 4) is 0 Å². The van der Waals surface area contributed by atoms with Crippen LogP contribution in [0.1, 0.15) is 36.0 Å². The molecule has 7 nitrogen and oxygen atoms in total. The average Bonchev–Trinajstić information content (AvgIpc) is 2.52. The molecular weight excluding hydrogens is 298 g/mol. The summed E-state index contributed by atoms with van der Waals surface area (Å²) in [4.78, 5) is 35.9. The van der Waals surface area contributed by atoms with E-state index in [0.29, 0.717) is 30.8 Å². The Labute approximate surface area is 134 Å². The Kier molecular flexibility index (Phi) is 5.56. The molecule has 1 atom stereocenters. The number of nitrogens with zero attached hydrogens (tertiary/aromatic N) is 1. The van der Waals surface area contributed by atoms with Crippen LogP contribution in [0.25, 0.3) is 0 Å². The Morgan fingerprint density at radius 3 is 2.83 bits per heavy atom. The van der Waals surface area contributed by atoms with Crippen molar-refractivity contribution in [3.63, 3.8) is 0 Å². The van der Waals surface area contributed by atoms with Crippen molar-refractivity contribution in [3.05, 3.63) is 29.8 Å². The minimum absolute atomic E-state index is 0.113. The molecule has 0 radical (unpaired) electrons. The molecule has 1 heterocycles. The second-order valence-electron chi connectivity index (χ2n) is 5.76. The second kappa shape index (κ2) is 7.62. The van der Waals surface area contributed by atoms with Crippen LogP contribution in [0, 0.1) is 5.92 Å². The number of carbonyl (C=O) groups excluding carboxylic acids is 2. The number of urea groups is 1. The summed E-state index contributed by atoms with van der Waals surface area (Å²) < 4.78 is 0. The molecule has 0 bridgehead atoms. The van der Waals surface area contributed by atoms with Gasteiger partial charge in [-0.1, -0.05) is 6.07 Å². The lowest BCUT2D eigenvalue weighted by Crippen LogP contribution is -2.40. The van der Waals surface area contributed by atoms with Crippen molar-refractivity contribution < 1.29 is 19.5 Å². The minimum atomic E-state index is -0.807. The topological polar surface area (TPSA) is 113 Å². The molecule has 1 aliphatic heterocycles. The van der Waals surface area contributed by atoms with E-state index in [1.165, 1.54) is 0 Å². The molecule has 1 saturated heterocycles. The zero-order valence-corrected chi connectivity index (χ0v) is 12.8. The van der Waals surface area contributed by atoms with Gasteiger partial charge in [-0.15, -0.1) is 0 Å². The van der Waals surface area contributed by atoms with Gasteiger partial charge in [0, 0.05) is 30.8 Å². The van der Waals surface area contributed by atoms with Crippen LogP contribution < -0.4 is 11.1 Å². The van der Waals surface area contributed by atoms with Crippen LogP contribution in [0.4, 0.5) is 10.5 Å². The van der Waals surface area contributed by atoms with Gasteiger partial charge < -0.3 is 21.1 Å². The van der Waals surface area contributed by atoms with Gasteiger partial charge in [-0.25, -0.2) is 4.79 Å². The van der Waals surface area contributed by atoms with E-state index in [1.54, 1.807) is 29.2 Å². The van der Waals surface area contributed by atoms with Gasteiger partial charge in [0.05, 0.1) is 0 Å². The maximum absolute atomic E-state index is 12.6. The van der Waals surface area contributed by atoms with Crippen molar-refractivity contribution in [2.75, 3.05) is 18.4 Å². The molecule has 1 aliphatic rings. The summed E-state index contributed by atoms with van der Waals surface area (Å²) in [5.41, 5.74) is 6.03. The van der Waals surface area contributed by atoms with Crippen molar-refractivity contribution in [2.24, 2.45) is 11.7 Å². The lowest BCUT2D eigenvalue weighted by atomic mass is 9.93. The molecule has 0 aliphatic carbocycles. The molecule has 0 spiro atoms. The number of likely N-dealkylation sites (tertiary alicyclic amines) is 1. The molecule has 124 valence electrons. The first-order valence-corrected chi connectivity index (χ1v) is 7.63. The Morgan fingerprint density at radius 1 is 1.35 bits per heavy atom. The number of nitrogens with two attached hydrogens (primary N) is 1. The number of nitrogens with one attached hydrogen (secondary N) is 1. The van der Waals surface area contributed by atoms with Crippen molar-refractivity contribution >= 4 is 23.6 Å². The number of aliphatic carboxylic acids is 1. The molecule has 1 aromatic rings. The fourth-order valence-electron chi connectivity index (χ4n) is 2.87. The van der Waals surface area contributed by atoms with E-state index in [-0.39, 0.29) is 18.2 Å². The Hall–Kier alpha value is -2.57. The molecule has 1 unspecified atom stereocenters. The number of carboxylic acids is 1. The zero-order valence-electron chi connectivity index (χ0n) is 12.8. The maximum Gasteiger partial charge on any atom is 0.316 e. The number of amides is 3. The third kappa shape index (κ3) is 4.98. The first kappa shape index (κ1) is 16.8. The molecule has 0 aromatic heterocycles. The van der Waals surface area contributed by atoms with E-state index >= 15 is 0 Å². The van der Waals surface area contributed by atoms with Crippen molar-refractivity contribution in [1.82, 2.24) is 4.90 Å². The van der Waals surface area contributed by atoms with Gasteiger partial charge in [0.25, 0.3) is 5.91 Å². The summed E-state index contributed by atoms with van der Waals surface area (Å²) in [6, 6.07) is 5.95.